The van der Waals surface area contributed by atoms with Gasteiger partial charge in [-0.05, 0) is 37.1 Å². The molecule has 0 bridgehead atoms. The predicted molar refractivity (Wildman–Crippen MR) is 81.8 cm³/mol. The number of hydrogen-bond donors (Lipinski definition) is 1. The molecule has 2 heterocycles. The standard InChI is InChI=1S/C16H14FN5O2/c17-12-3-1-8-19-14(12)16(6-2-7-16)10-22(15(23)24)13-5-4-11(9-18)20-21-13/h1,3-5,8H,2,6-7,10H2,(H,23,24). The number of carbonyl (C=O) groups is 1. The molecule has 0 unspecified atom stereocenters. The number of hydrogen-bond acceptors (Lipinski definition) is 5. The van der Waals surface area contributed by atoms with Crippen LogP contribution in [0.3, 0.4) is 0 Å². The molecule has 1 fully saturated rings. The molecule has 2 aromatic rings. The monoisotopic (exact) mass is 327 g/mol. The highest BCUT2D eigenvalue weighted by Crippen LogP contribution is 2.44. The molecule has 1 amide bonds. The first-order valence-electron chi connectivity index (χ1n) is 7.41. The molecular formula is C16H14FN5O2. The first-order valence-corrected chi connectivity index (χ1v) is 7.41. The molecular weight excluding hydrogens is 313 g/mol. The summed E-state index contributed by atoms with van der Waals surface area (Å²) in [7, 11) is 0. The highest BCUT2D eigenvalue weighted by Gasteiger charge is 2.44. The van der Waals surface area contributed by atoms with Crippen LogP contribution in [-0.2, 0) is 5.41 Å². The Morgan fingerprint density at radius 2 is 2.17 bits per heavy atom. The van der Waals surface area contributed by atoms with E-state index >= 15 is 0 Å². The summed E-state index contributed by atoms with van der Waals surface area (Å²) in [6.07, 6.45) is 2.47. The summed E-state index contributed by atoms with van der Waals surface area (Å²) in [6, 6.07) is 7.48. The molecule has 2 aromatic heterocycles. The molecule has 0 aliphatic heterocycles. The van der Waals surface area contributed by atoms with Gasteiger partial charge in [-0.15, -0.1) is 10.2 Å². The van der Waals surface area contributed by atoms with Gasteiger partial charge >= 0.3 is 6.09 Å². The molecule has 3 rings (SSSR count). The summed E-state index contributed by atoms with van der Waals surface area (Å²) < 4.78 is 14.2. The zero-order valence-corrected chi connectivity index (χ0v) is 12.7. The van der Waals surface area contributed by atoms with Gasteiger partial charge in [0.15, 0.2) is 11.5 Å². The Bertz CT molecular complexity index is 799. The van der Waals surface area contributed by atoms with Crippen molar-refractivity contribution in [2.75, 3.05) is 11.4 Å². The molecule has 0 saturated heterocycles. The van der Waals surface area contributed by atoms with Gasteiger partial charge < -0.3 is 5.11 Å². The normalized spacial score (nSPS) is 15.2. The van der Waals surface area contributed by atoms with Gasteiger partial charge in [0, 0.05) is 18.2 Å². The molecule has 1 aliphatic rings. The van der Waals surface area contributed by atoms with E-state index in [4.69, 9.17) is 5.26 Å². The van der Waals surface area contributed by atoms with Crippen LogP contribution in [0.2, 0.25) is 0 Å². The minimum atomic E-state index is -1.21. The summed E-state index contributed by atoms with van der Waals surface area (Å²) in [4.78, 5) is 16.8. The van der Waals surface area contributed by atoms with Gasteiger partial charge in [-0.3, -0.25) is 9.88 Å². The minimum Gasteiger partial charge on any atom is -0.465 e. The Kier molecular flexibility index (Phi) is 4.08. The van der Waals surface area contributed by atoms with Crippen LogP contribution in [0.4, 0.5) is 15.0 Å². The zero-order chi connectivity index (χ0) is 17.2. The minimum absolute atomic E-state index is 0.0385. The van der Waals surface area contributed by atoms with Crippen molar-refractivity contribution >= 4 is 11.9 Å². The fraction of sp³-hybridized carbons (Fsp3) is 0.312. The first kappa shape index (κ1) is 15.8. The third-order valence-electron chi connectivity index (χ3n) is 4.30. The SMILES string of the molecule is N#Cc1ccc(N(CC2(c3ncccc3F)CCC2)C(=O)O)nn1. The molecule has 8 heteroatoms. The van der Waals surface area contributed by atoms with Crippen molar-refractivity contribution < 1.29 is 14.3 Å². The largest absolute Gasteiger partial charge is 0.465 e. The van der Waals surface area contributed by atoms with E-state index in [-0.39, 0.29) is 23.8 Å². The second-order valence-electron chi connectivity index (χ2n) is 5.73. The first-order chi connectivity index (χ1) is 11.6. The fourth-order valence-electron chi connectivity index (χ4n) is 2.93. The molecule has 7 nitrogen and oxygen atoms in total. The number of carboxylic acid groups (broad SMARTS) is 1. The maximum atomic E-state index is 14.2. The van der Waals surface area contributed by atoms with E-state index in [1.807, 2.05) is 6.07 Å². The van der Waals surface area contributed by atoms with Crippen molar-refractivity contribution in [3.05, 3.63) is 47.7 Å². The van der Waals surface area contributed by atoms with Gasteiger partial charge in [-0.2, -0.15) is 5.26 Å². The number of pyridine rings is 1. The molecule has 0 atom stereocenters. The zero-order valence-electron chi connectivity index (χ0n) is 12.7. The lowest BCUT2D eigenvalue weighted by Gasteiger charge is -2.43. The van der Waals surface area contributed by atoms with Crippen molar-refractivity contribution in [1.82, 2.24) is 15.2 Å². The Hall–Kier alpha value is -3.08. The molecule has 122 valence electrons. The number of rotatable bonds is 4. The third-order valence-corrected chi connectivity index (χ3v) is 4.30. The summed E-state index contributed by atoms with van der Waals surface area (Å²) in [5, 5.41) is 25.7. The van der Waals surface area contributed by atoms with Gasteiger partial charge in [0.2, 0.25) is 0 Å². The van der Waals surface area contributed by atoms with Gasteiger partial charge in [0.05, 0.1) is 5.69 Å². The molecule has 0 spiro atoms. The predicted octanol–water partition coefficient (Wildman–Crippen LogP) is 2.49. The summed E-state index contributed by atoms with van der Waals surface area (Å²) in [5.74, 6) is -0.336. The summed E-state index contributed by atoms with van der Waals surface area (Å²) in [5.41, 5.74) is -0.290. The number of nitrogens with zero attached hydrogens (tertiary/aromatic N) is 5. The molecule has 1 N–H and O–H groups in total. The summed E-state index contributed by atoms with van der Waals surface area (Å²) >= 11 is 0. The molecule has 24 heavy (non-hydrogen) atoms. The lowest BCUT2D eigenvalue weighted by Crippen LogP contribution is -2.49. The molecule has 0 aromatic carbocycles. The Balaban J connectivity index is 1.93. The average molecular weight is 327 g/mol. The Labute approximate surface area is 137 Å². The second kappa shape index (κ2) is 6.20. The maximum Gasteiger partial charge on any atom is 0.413 e. The lowest BCUT2D eigenvalue weighted by molar-refractivity contribution is 0.187. The Morgan fingerprint density at radius 3 is 2.67 bits per heavy atom. The van der Waals surface area contributed by atoms with Crippen molar-refractivity contribution in [2.24, 2.45) is 0 Å². The number of aromatic nitrogens is 3. The van der Waals surface area contributed by atoms with Crippen molar-refractivity contribution in [1.29, 1.82) is 5.26 Å². The highest BCUT2D eigenvalue weighted by molar-refractivity contribution is 5.84. The van der Waals surface area contributed by atoms with Gasteiger partial charge in [0.1, 0.15) is 11.9 Å². The van der Waals surface area contributed by atoms with Gasteiger partial charge in [-0.25, -0.2) is 9.18 Å². The van der Waals surface area contributed by atoms with E-state index < -0.39 is 17.3 Å². The fourth-order valence-corrected chi connectivity index (χ4v) is 2.93. The smallest absolute Gasteiger partial charge is 0.413 e. The van der Waals surface area contributed by atoms with Gasteiger partial charge in [-0.1, -0.05) is 6.42 Å². The molecule has 1 aliphatic carbocycles. The summed E-state index contributed by atoms with van der Waals surface area (Å²) in [6.45, 7) is 0.0385. The second-order valence-corrected chi connectivity index (χ2v) is 5.73. The number of amides is 1. The van der Waals surface area contributed by atoms with E-state index in [1.165, 1.54) is 30.5 Å². The highest BCUT2D eigenvalue weighted by atomic mass is 19.1. The topological polar surface area (TPSA) is 103 Å². The van der Waals surface area contributed by atoms with Gasteiger partial charge in [0.25, 0.3) is 0 Å². The lowest BCUT2D eigenvalue weighted by atomic mass is 9.66. The van der Waals surface area contributed by atoms with Crippen LogP contribution in [0.15, 0.2) is 30.5 Å². The van der Waals surface area contributed by atoms with Crippen molar-refractivity contribution in [3.63, 3.8) is 0 Å². The van der Waals surface area contributed by atoms with E-state index in [0.717, 1.165) is 11.3 Å². The van der Waals surface area contributed by atoms with Crippen LogP contribution in [0.25, 0.3) is 0 Å². The Morgan fingerprint density at radius 1 is 1.38 bits per heavy atom. The number of anilines is 1. The van der Waals surface area contributed by atoms with Crippen molar-refractivity contribution in [3.8, 4) is 6.07 Å². The van der Waals surface area contributed by atoms with E-state index in [9.17, 15) is 14.3 Å². The third kappa shape index (κ3) is 2.76. The van der Waals surface area contributed by atoms with Crippen LogP contribution in [0.5, 0.6) is 0 Å². The number of nitriles is 1. The average Bonchev–Trinajstić information content (AvgIpc) is 2.55. The van der Waals surface area contributed by atoms with E-state index in [0.29, 0.717) is 12.8 Å². The molecule has 0 radical (unpaired) electrons. The number of halogens is 1. The molecule has 1 saturated carbocycles. The van der Waals surface area contributed by atoms with Crippen LogP contribution >= 0.6 is 0 Å². The quantitative estimate of drug-likeness (QED) is 0.925. The maximum absolute atomic E-state index is 14.2. The van der Waals surface area contributed by atoms with Crippen LogP contribution in [0, 0.1) is 17.1 Å². The van der Waals surface area contributed by atoms with Crippen LogP contribution in [0.1, 0.15) is 30.7 Å². The van der Waals surface area contributed by atoms with Crippen LogP contribution in [-0.4, -0.2) is 32.9 Å². The van der Waals surface area contributed by atoms with Crippen LogP contribution < -0.4 is 4.90 Å². The van der Waals surface area contributed by atoms with E-state index in [2.05, 4.69) is 15.2 Å². The van der Waals surface area contributed by atoms with E-state index in [1.54, 1.807) is 0 Å². The van der Waals surface area contributed by atoms with Crippen molar-refractivity contribution in [2.45, 2.75) is 24.7 Å².